The number of benzene rings is 3. The maximum absolute atomic E-state index is 6.40. The van der Waals surface area contributed by atoms with Gasteiger partial charge in [0.25, 0.3) is 0 Å². The van der Waals surface area contributed by atoms with Gasteiger partial charge in [-0.2, -0.15) is 0 Å². The molecule has 0 spiro atoms. The number of hydrogen-bond acceptors (Lipinski definition) is 5. The molecule has 0 radical (unpaired) electrons. The number of anilines is 3. The van der Waals surface area contributed by atoms with Crippen LogP contribution >= 0.6 is 0 Å². The number of H-pyrrole nitrogens is 1. The van der Waals surface area contributed by atoms with Gasteiger partial charge in [-0.3, -0.25) is 9.88 Å². The molecule has 6 rings (SSSR count). The van der Waals surface area contributed by atoms with Crippen LogP contribution in [0.2, 0.25) is 0 Å². The van der Waals surface area contributed by atoms with Crippen LogP contribution < -0.4 is 15.8 Å². The van der Waals surface area contributed by atoms with E-state index in [1.165, 1.54) is 29.4 Å². The molecule has 0 saturated carbocycles. The van der Waals surface area contributed by atoms with Gasteiger partial charge in [-0.1, -0.05) is 42.5 Å². The molecule has 0 amide bonds. The summed E-state index contributed by atoms with van der Waals surface area (Å²) in [6.45, 7) is 5.99. The second-order valence-corrected chi connectivity index (χ2v) is 10.4. The van der Waals surface area contributed by atoms with Crippen molar-refractivity contribution in [2.75, 3.05) is 37.3 Å². The Morgan fingerprint density at radius 3 is 2.56 bits per heavy atom. The lowest BCUT2D eigenvalue weighted by Crippen LogP contribution is -2.35. The van der Waals surface area contributed by atoms with E-state index in [1.54, 1.807) is 6.20 Å². The van der Waals surface area contributed by atoms with Crippen molar-refractivity contribution < 1.29 is 4.74 Å². The number of pyridine rings is 1. The molecule has 0 atom stereocenters. The van der Waals surface area contributed by atoms with Crippen molar-refractivity contribution in [3.05, 3.63) is 103 Å². The van der Waals surface area contributed by atoms with Crippen molar-refractivity contribution in [2.24, 2.45) is 0 Å². The Labute approximate surface area is 229 Å². The van der Waals surface area contributed by atoms with Crippen molar-refractivity contribution in [3.63, 3.8) is 0 Å². The number of nitrogen functional groups attached to an aromatic ring is 1. The number of ether oxygens (including phenoxy) is 1. The lowest BCUT2D eigenvalue weighted by atomic mass is 9.89. The maximum atomic E-state index is 6.40. The van der Waals surface area contributed by atoms with Crippen LogP contribution in [-0.4, -0.2) is 41.1 Å². The lowest BCUT2D eigenvalue weighted by Gasteiger charge is -2.32. The summed E-state index contributed by atoms with van der Waals surface area (Å²) in [6, 6.07) is 25.4. The van der Waals surface area contributed by atoms with E-state index in [2.05, 4.69) is 87.8 Å². The third kappa shape index (κ3) is 5.47. The molecule has 0 unspecified atom stereocenters. The first-order chi connectivity index (χ1) is 19.2. The molecule has 6 nitrogen and oxygen atoms in total. The summed E-state index contributed by atoms with van der Waals surface area (Å²) >= 11 is 0. The maximum Gasteiger partial charge on any atom is 0.119 e. The molecule has 1 aliphatic heterocycles. The van der Waals surface area contributed by atoms with E-state index in [9.17, 15) is 0 Å². The van der Waals surface area contributed by atoms with Gasteiger partial charge < -0.3 is 20.8 Å². The molecule has 1 fully saturated rings. The van der Waals surface area contributed by atoms with Gasteiger partial charge >= 0.3 is 0 Å². The largest absolute Gasteiger partial charge is 0.492 e. The van der Waals surface area contributed by atoms with Crippen LogP contribution in [0.1, 0.15) is 29.9 Å². The minimum absolute atomic E-state index is 0.609. The average molecular weight is 518 g/mol. The van der Waals surface area contributed by atoms with Gasteiger partial charge in [0.2, 0.25) is 0 Å². The summed E-state index contributed by atoms with van der Waals surface area (Å²) in [5.41, 5.74) is 14.6. The highest BCUT2D eigenvalue weighted by molar-refractivity contribution is 5.93. The number of aromatic amines is 1. The Kier molecular flexibility index (Phi) is 7.19. The monoisotopic (exact) mass is 517 g/mol. The summed E-state index contributed by atoms with van der Waals surface area (Å²) in [6.07, 6.45) is 7.93. The molecule has 3 heterocycles. The Hall–Kier alpha value is -4.29. The van der Waals surface area contributed by atoms with E-state index in [1.807, 2.05) is 24.5 Å². The highest BCUT2D eigenvalue weighted by Gasteiger charge is 2.20. The molecule has 3 aromatic carbocycles. The molecule has 1 aliphatic rings. The van der Waals surface area contributed by atoms with E-state index in [-0.39, 0.29) is 0 Å². The Morgan fingerprint density at radius 2 is 1.77 bits per heavy atom. The zero-order valence-electron chi connectivity index (χ0n) is 22.4. The highest BCUT2D eigenvalue weighted by Crippen LogP contribution is 2.37. The average Bonchev–Trinajstić information content (AvgIpc) is 3.47. The van der Waals surface area contributed by atoms with Crippen LogP contribution in [0.15, 0.2) is 91.4 Å². The number of rotatable bonds is 8. The van der Waals surface area contributed by atoms with E-state index in [0.717, 1.165) is 53.4 Å². The standard InChI is InChI=1S/C33H35N5O/c1-23-28-13-16-36-32(28)12-11-31(23)37-33-29(21-35-22-30(33)34)26-7-9-27(10-8-26)39-20-19-38-17-14-25(15-18-38)24-5-3-2-4-6-24/h2-13,16,21-22,25,36H,14-15,17-20,34H2,1H3,(H,35,37). The van der Waals surface area contributed by atoms with Gasteiger partial charge in [0, 0.05) is 41.1 Å². The second kappa shape index (κ2) is 11.2. The predicted molar refractivity (Wildman–Crippen MR) is 161 cm³/mol. The molecule has 4 N–H and O–H groups in total. The van der Waals surface area contributed by atoms with E-state index in [4.69, 9.17) is 10.5 Å². The van der Waals surface area contributed by atoms with Gasteiger partial charge in [-0.25, -0.2) is 0 Å². The van der Waals surface area contributed by atoms with Gasteiger partial charge in [0.15, 0.2) is 0 Å². The van der Waals surface area contributed by atoms with Gasteiger partial charge in [-0.15, -0.1) is 0 Å². The van der Waals surface area contributed by atoms with Crippen LogP contribution in [-0.2, 0) is 0 Å². The molecule has 39 heavy (non-hydrogen) atoms. The van der Waals surface area contributed by atoms with Gasteiger partial charge in [0.05, 0.1) is 17.6 Å². The molecular formula is C33H35N5O. The van der Waals surface area contributed by atoms with Crippen molar-refractivity contribution in [1.29, 1.82) is 0 Å². The van der Waals surface area contributed by atoms with Crippen LogP contribution in [0.3, 0.4) is 0 Å². The number of nitrogens with one attached hydrogen (secondary N) is 2. The summed E-state index contributed by atoms with van der Waals surface area (Å²) in [7, 11) is 0. The molecule has 5 aromatic rings. The van der Waals surface area contributed by atoms with Crippen molar-refractivity contribution >= 4 is 28.0 Å². The van der Waals surface area contributed by atoms with Gasteiger partial charge in [-0.05, 0) is 85.8 Å². The van der Waals surface area contributed by atoms with E-state index < -0.39 is 0 Å². The van der Waals surface area contributed by atoms with Crippen LogP contribution in [0.25, 0.3) is 22.0 Å². The number of nitrogens with zero attached hydrogens (tertiary/aromatic N) is 2. The van der Waals surface area contributed by atoms with Crippen molar-refractivity contribution in [1.82, 2.24) is 14.9 Å². The fourth-order valence-electron chi connectivity index (χ4n) is 5.63. The number of likely N-dealkylation sites (tertiary alicyclic amines) is 1. The third-order valence-electron chi connectivity index (χ3n) is 7.94. The van der Waals surface area contributed by atoms with Crippen LogP contribution in [0.5, 0.6) is 5.75 Å². The Bertz CT molecular complexity index is 1540. The number of nitrogens with two attached hydrogens (primary N) is 1. The number of piperidine rings is 1. The molecule has 0 aliphatic carbocycles. The Morgan fingerprint density at radius 1 is 0.974 bits per heavy atom. The number of aryl methyl sites for hydroxylation is 1. The molecule has 6 heteroatoms. The lowest BCUT2D eigenvalue weighted by molar-refractivity contribution is 0.173. The summed E-state index contributed by atoms with van der Waals surface area (Å²) in [4.78, 5) is 10.1. The van der Waals surface area contributed by atoms with Crippen LogP contribution in [0, 0.1) is 6.92 Å². The first kappa shape index (κ1) is 25.0. The first-order valence-electron chi connectivity index (χ1n) is 13.7. The minimum atomic E-state index is 0.609. The number of aromatic nitrogens is 2. The SMILES string of the molecule is Cc1c(Nc2c(N)cncc2-c2ccc(OCCN3CCC(c4ccccc4)CC3)cc2)ccc2[nH]ccc12. The molecule has 2 aromatic heterocycles. The fourth-order valence-corrected chi connectivity index (χ4v) is 5.63. The molecular weight excluding hydrogens is 482 g/mol. The number of hydrogen-bond donors (Lipinski definition) is 3. The topological polar surface area (TPSA) is 79.2 Å². The van der Waals surface area contributed by atoms with Crippen molar-refractivity contribution in [3.8, 4) is 16.9 Å². The summed E-state index contributed by atoms with van der Waals surface area (Å²) in [5, 5.41) is 4.76. The van der Waals surface area contributed by atoms with Crippen LogP contribution in [0.4, 0.5) is 17.1 Å². The summed E-state index contributed by atoms with van der Waals surface area (Å²) in [5.74, 6) is 1.55. The second-order valence-electron chi connectivity index (χ2n) is 10.4. The number of fused-ring (bicyclic) bond motifs is 1. The Balaban J connectivity index is 1.08. The molecule has 198 valence electrons. The third-order valence-corrected chi connectivity index (χ3v) is 7.94. The zero-order chi connectivity index (χ0) is 26.6. The highest BCUT2D eigenvalue weighted by atomic mass is 16.5. The van der Waals surface area contributed by atoms with E-state index >= 15 is 0 Å². The summed E-state index contributed by atoms with van der Waals surface area (Å²) < 4.78 is 6.11. The minimum Gasteiger partial charge on any atom is -0.492 e. The predicted octanol–water partition coefficient (Wildman–Crippen LogP) is 7.12. The van der Waals surface area contributed by atoms with Crippen molar-refractivity contribution in [2.45, 2.75) is 25.7 Å². The fraction of sp³-hybridized carbons (Fsp3) is 0.242. The molecule has 1 saturated heterocycles. The van der Waals surface area contributed by atoms with Gasteiger partial charge in [0.1, 0.15) is 12.4 Å². The quantitative estimate of drug-likeness (QED) is 0.204. The first-order valence-corrected chi connectivity index (χ1v) is 13.7. The normalized spacial score (nSPS) is 14.5. The zero-order valence-corrected chi connectivity index (χ0v) is 22.4. The van der Waals surface area contributed by atoms with E-state index in [0.29, 0.717) is 18.2 Å². The smallest absolute Gasteiger partial charge is 0.119 e. The molecule has 0 bridgehead atoms.